The first-order chi connectivity index (χ1) is 13.1. The molecule has 0 saturated carbocycles. The van der Waals surface area contributed by atoms with Gasteiger partial charge in [-0.25, -0.2) is 4.90 Å². The Morgan fingerprint density at radius 3 is 2.44 bits per heavy atom. The van der Waals surface area contributed by atoms with Gasteiger partial charge in [0.05, 0.1) is 11.9 Å². The number of benzene rings is 2. The number of nitrogens with zero attached hydrogens (tertiary/aromatic N) is 2. The van der Waals surface area contributed by atoms with Gasteiger partial charge in [-0.15, -0.1) is 0 Å². The van der Waals surface area contributed by atoms with Crippen LogP contribution in [0.25, 0.3) is 6.08 Å². The Hall–Kier alpha value is -2.94. The molecule has 5 atom stereocenters. The average molecular weight is 377 g/mol. The number of carbonyl (C=O) groups excluding carboxylic acids is 2. The SMILES string of the molecule is N#C[C@H]1[C@@H]2C(=O)N(c3ccc(Cl)cc3)C(=O)[C@@H]2[C@@H]2c3ccccc3C=C[NH+]12. The molecule has 6 heteroatoms. The maximum Gasteiger partial charge on any atom is 0.245 e. The second kappa shape index (κ2) is 5.78. The van der Waals surface area contributed by atoms with Crippen molar-refractivity contribution in [2.45, 2.75) is 12.1 Å². The Morgan fingerprint density at radius 2 is 1.70 bits per heavy atom. The van der Waals surface area contributed by atoms with E-state index in [0.717, 1.165) is 16.0 Å². The van der Waals surface area contributed by atoms with Gasteiger partial charge in [0, 0.05) is 10.6 Å². The van der Waals surface area contributed by atoms with Crippen LogP contribution in [0.3, 0.4) is 0 Å². The Labute approximate surface area is 161 Å². The Kier molecular flexibility index (Phi) is 3.48. The van der Waals surface area contributed by atoms with Gasteiger partial charge in [-0.1, -0.05) is 35.9 Å². The van der Waals surface area contributed by atoms with E-state index in [1.807, 2.05) is 36.5 Å². The lowest BCUT2D eigenvalue weighted by atomic mass is 9.85. The summed E-state index contributed by atoms with van der Waals surface area (Å²) in [6.45, 7) is 0. The molecular formula is C21H15ClN3O2+. The van der Waals surface area contributed by atoms with Crippen LogP contribution in [0.15, 0.2) is 54.7 Å². The minimum absolute atomic E-state index is 0.227. The van der Waals surface area contributed by atoms with Crippen LogP contribution in [0.2, 0.25) is 5.02 Å². The lowest BCUT2D eigenvalue weighted by Gasteiger charge is -2.28. The van der Waals surface area contributed by atoms with Crippen LogP contribution in [0, 0.1) is 23.2 Å². The molecule has 5 rings (SSSR count). The molecule has 0 aliphatic carbocycles. The zero-order chi connectivity index (χ0) is 18.7. The maximum atomic E-state index is 13.3. The number of anilines is 1. The number of fused-ring (bicyclic) bond motifs is 5. The van der Waals surface area contributed by atoms with E-state index in [0.29, 0.717) is 10.7 Å². The summed E-state index contributed by atoms with van der Waals surface area (Å²) >= 11 is 5.94. The number of hydrogen-bond acceptors (Lipinski definition) is 3. The fourth-order valence-electron chi connectivity index (χ4n) is 4.73. The van der Waals surface area contributed by atoms with Crippen LogP contribution in [0.4, 0.5) is 5.69 Å². The zero-order valence-corrected chi connectivity index (χ0v) is 14.9. The van der Waals surface area contributed by atoms with Gasteiger partial charge in [0.2, 0.25) is 11.8 Å². The standard InChI is InChI=1S/C21H14ClN3O2/c22-13-5-7-14(8-6-13)25-20(26)17-16(11-23)24-10-9-12-3-1-2-4-15(12)19(24)18(17)21(25)27/h1-10,16-19H/p+1/t16-,17-,18-,19-/m0/s1. The molecular weight excluding hydrogens is 362 g/mol. The van der Waals surface area contributed by atoms with Crippen LogP contribution >= 0.6 is 11.6 Å². The quantitative estimate of drug-likeness (QED) is 0.774. The molecule has 0 aromatic heterocycles. The smallest absolute Gasteiger partial charge is 0.245 e. The van der Waals surface area contributed by atoms with Gasteiger partial charge >= 0.3 is 0 Å². The Morgan fingerprint density at radius 1 is 1.00 bits per heavy atom. The average Bonchev–Trinajstić information content (AvgIpc) is 3.15. The van der Waals surface area contributed by atoms with E-state index >= 15 is 0 Å². The number of nitriles is 1. The summed E-state index contributed by atoms with van der Waals surface area (Å²) in [6, 6.07) is 16.0. The first kappa shape index (κ1) is 16.2. The minimum atomic E-state index is -0.644. The lowest BCUT2D eigenvalue weighted by Crippen LogP contribution is -3.10. The van der Waals surface area contributed by atoms with Crippen molar-refractivity contribution in [2.75, 3.05) is 4.90 Å². The molecule has 2 aromatic rings. The number of nitrogens with one attached hydrogen (secondary N) is 1. The summed E-state index contributed by atoms with van der Waals surface area (Å²) in [7, 11) is 0. The molecule has 0 spiro atoms. The molecule has 2 saturated heterocycles. The highest BCUT2D eigenvalue weighted by atomic mass is 35.5. The lowest BCUT2D eigenvalue weighted by molar-refractivity contribution is -0.885. The topological polar surface area (TPSA) is 65.6 Å². The number of imide groups is 1. The van der Waals surface area contributed by atoms with Crippen molar-refractivity contribution in [3.8, 4) is 6.07 Å². The van der Waals surface area contributed by atoms with E-state index < -0.39 is 17.9 Å². The predicted molar refractivity (Wildman–Crippen MR) is 99.5 cm³/mol. The minimum Gasteiger partial charge on any atom is -0.287 e. The first-order valence-corrected chi connectivity index (χ1v) is 9.16. The van der Waals surface area contributed by atoms with E-state index in [2.05, 4.69) is 6.07 Å². The predicted octanol–water partition coefficient (Wildman–Crippen LogP) is 1.96. The molecule has 2 aromatic carbocycles. The number of hydrogen-bond donors (Lipinski definition) is 1. The fourth-order valence-corrected chi connectivity index (χ4v) is 4.86. The zero-order valence-electron chi connectivity index (χ0n) is 14.2. The molecule has 5 nitrogen and oxygen atoms in total. The molecule has 3 aliphatic heterocycles. The van der Waals surface area contributed by atoms with Crippen LogP contribution in [0.1, 0.15) is 17.2 Å². The van der Waals surface area contributed by atoms with Gasteiger partial charge in [0.15, 0.2) is 6.04 Å². The van der Waals surface area contributed by atoms with Crippen molar-refractivity contribution in [2.24, 2.45) is 11.8 Å². The van der Waals surface area contributed by atoms with Crippen molar-refractivity contribution in [3.05, 3.63) is 70.9 Å². The second-order valence-electron chi connectivity index (χ2n) is 7.09. The number of quaternary nitrogens is 1. The molecule has 132 valence electrons. The van der Waals surface area contributed by atoms with Gasteiger partial charge in [0.25, 0.3) is 0 Å². The highest BCUT2D eigenvalue weighted by Crippen LogP contribution is 2.44. The third-order valence-corrected chi connectivity index (χ3v) is 6.10. The fraction of sp³-hybridized carbons (Fsp3) is 0.190. The summed E-state index contributed by atoms with van der Waals surface area (Å²) < 4.78 is 0. The molecule has 27 heavy (non-hydrogen) atoms. The number of halogens is 1. The summed E-state index contributed by atoms with van der Waals surface area (Å²) in [4.78, 5) is 28.6. The molecule has 0 bridgehead atoms. The molecule has 3 aliphatic rings. The molecule has 1 N–H and O–H groups in total. The van der Waals surface area contributed by atoms with Gasteiger partial charge < -0.3 is 0 Å². The van der Waals surface area contributed by atoms with Crippen LogP contribution < -0.4 is 9.80 Å². The Balaban J connectivity index is 1.63. The van der Waals surface area contributed by atoms with Gasteiger partial charge in [-0.3, -0.25) is 14.5 Å². The highest BCUT2D eigenvalue weighted by Gasteiger charge is 2.66. The van der Waals surface area contributed by atoms with Gasteiger partial charge in [-0.2, -0.15) is 5.26 Å². The monoisotopic (exact) mass is 376 g/mol. The highest BCUT2D eigenvalue weighted by molar-refractivity contribution is 6.30. The van der Waals surface area contributed by atoms with E-state index in [-0.39, 0.29) is 17.9 Å². The molecule has 2 fully saturated rings. The maximum absolute atomic E-state index is 13.3. The van der Waals surface area contributed by atoms with Crippen molar-refractivity contribution in [1.29, 1.82) is 5.26 Å². The van der Waals surface area contributed by atoms with Crippen molar-refractivity contribution >= 4 is 35.2 Å². The number of rotatable bonds is 1. The summed E-state index contributed by atoms with van der Waals surface area (Å²) in [5.74, 6) is -1.72. The normalized spacial score (nSPS) is 30.7. The van der Waals surface area contributed by atoms with Gasteiger partial charge in [0.1, 0.15) is 23.9 Å². The largest absolute Gasteiger partial charge is 0.287 e. The molecule has 1 unspecified atom stereocenters. The van der Waals surface area contributed by atoms with Crippen molar-refractivity contribution < 1.29 is 14.5 Å². The summed E-state index contributed by atoms with van der Waals surface area (Å²) in [5, 5.41) is 10.3. The van der Waals surface area contributed by atoms with E-state index in [9.17, 15) is 14.9 Å². The van der Waals surface area contributed by atoms with Crippen molar-refractivity contribution in [1.82, 2.24) is 0 Å². The van der Waals surface area contributed by atoms with Crippen LogP contribution in [-0.4, -0.2) is 17.9 Å². The van der Waals surface area contributed by atoms with Crippen LogP contribution in [-0.2, 0) is 9.59 Å². The summed E-state index contributed by atoms with van der Waals surface area (Å²) in [5.41, 5.74) is 2.55. The first-order valence-electron chi connectivity index (χ1n) is 8.78. The second-order valence-corrected chi connectivity index (χ2v) is 7.52. The van der Waals surface area contributed by atoms with Gasteiger partial charge in [-0.05, 0) is 35.9 Å². The van der Waals surface area contributed by atoms with Crippen LogP contribution in [0.5, 0.6) is 0 Å². The molecule has 3 heterocycles. The molecule has 2 amide bonds. The van der Waals surface area contributed by atoms with E-state index in [4.69, 9.17) is 11.6 Å². The van der Waals surface area contributed by atoms with E-state index in [1.165, 1.54) is 4.90 Å². The Bertz CT molecular complexity index is 1040. The molecule has 0 radical (unpaired) electrons. The number of carbonyl (C=O) groups is 2. The summed E-state index contributed by atoms with van der Waals surface area (Å²) in [6.07, 6.45) is 3.89. The van der Waals surface area contributed by atoms with Crippen molar-refractivity contribution in [3.63, 3.8) is 0 Å². The number of amides is 2. The third kappa shape index (κ3) is 2.14. The van der Waals surface area contributed by atoms with E-state index in [1.54, 1.807) is 24.3 Å². The third-order valence-electron chi connectivity index (χ3n) is 5.84.